The fraction of sp³-hybridized carbons (Fsp3) is 0.647. The Bertz CT molecular complexity index is 425. The molecular weight excluding hydrogens is 302 g/mol. The fourth-order valence-corrected chi connectivity index (χ4v) is 4.56. The van der Waals surface area contributed by atoms with Crippen LogP contribution in [0.5, 0.6) is 0 Å². The molecule has 1 aromatic carbocycles. The average Bonchev–Trinajstić information content (AvgIpc) is 2.89. The van der Waals surface area contributed by atoms with Gasteiger partial charge in [0.25, 0.3) is 0 Å². The quantitative estimate of drug-likeness (QED) is 0.705. The van der Waals surface area contributed by atoms with Crippen LogP contribution in [0.15, 0.2) is 24.3 Å². The van der Waals surface area contributed by atoms with Gasteiger partial charge < -0.3 is 10.4 Å². The van der Waals surface area contributed by atoms with Gasteiger partial charge in [0, 0.05) is 16.3 Å². The molecule has 1 aliphatic rings. The standard InChI is InChI=1S/C17H26ClNOS/c1-2-19-17(13-20)10-3-4-15(17)9-11-21-12-14-5-7-16(18)8-6-14/h5-8,15,19-20H,2-4,9-13H2,1H3. The van der Waals surface area contributed by atoms with Crippen molar-refractivity contribution < 1.29 is 5.11 Å². The van der Waals surface area contributed by atoms with Gasteiger partial charge in [-0.2, -0.15) is 11.8 Å². The first-order valence-corrected chi connectivity index (χ1v) is 9.41. The zero-order chi connectivity index (χ0) is 15.1. The van der Waals surface area contributed by atoms with E-state index in [0.29, 0.717) is 5.92 Å². The summed E-state index contributed by atoms with van der Waals surface area (Å²) in [6.07, 6.45) is 4.78. The van der Waals surface area contributed by atoms with Crippen LogP contribution >= 0.6 is 23.4 Å². The molecule has 4 heteroatoms. The average molecular weight is 328 g/mol. The molecule has 0 amide bonds. The lowest BCUT2D eigenvalue weighted by atomic mass is 9.86. The van der Waals surface area contributed by atoms with Crippen molar-refractivity contribution in [2.45, 2.75) is 43.9 Å². The van der Waals surface area contributed by atoms with Gasteiger partial charge in [0.15, 0.2) is 0 Å². The third kappa shape index (κ3) is 4.62. The summed E-state index contributed by atoms with van der Waals surface area (Å²) in [6.45, 7) is 3.34. The summed E-state index contributed by atoms with van der Waals surface area (Å²) in [5.41, 5.74) is 1.31. The highest BCUT2D eigenvalue weighted by molar-refractivity contribution is 7.98. The number of aliphatic hydroxyl groups is 1. The summed E-state index contributed by atoms with van der Waals surface area (Å²) in [5.74, 6) is 2.80. The molecule has 2 atom stereocenters. The lowest BCUT2D eigenvalue weighted by Crippen LogP contribution is -2.51. The molecule has 21 heavy (non-hydrogen) atoms. The van der Waals surface area contributed by atoms with Crippen LogP contribution in [0.1, 0.15) is 38.2 Å². The first kappa shape index (κ1) is 17.1. The van der Waals surface area contributed by atoms with Gasteiger partial charge >= 0.3 is 0 Å². The Morgan fingerprint density at radius 2 is 2.14 bits per heavy atom. The van der Waals surface area contributed by atoms with E-state index in [1.807, 2.05) is 23.9 Å². The van der Waals surface area contributed by atoms with Crippen molar-refractivity contribution in [3.05, 3.63) is 34.9 Å². The molecule has 0 spiro atoms. The van der Waals surface area contributed by atoms with Gasteiger partial charge in [0.1, 0.15) is 0 Å². The van der Waals surface area contributed by atoms with E-state index < -0.39 is 0 Å². The van der Waals surface area contributed by atoms with E-state index in [2.05, 4.69) is 24.4 Å². The number of hydrogen-bond acceptors (Lipinski definition) is 3. The van der Waals surface area contributed by atoms with Gasteiger partial charge in [-0.1, -0.05) is 37.1 Å². The second-order valence-electron chi connectivity index (χ2n) is 5.90. The maximum absolute atomic E-state index is 9.80. The van der Waals surface area contributed by atoms with Gasteiger partial charge in [0.2, 0.25) is 0 Å². The second-order valence-corrected chi connectivity index (χ2v) is 7.44. The molecule has 0 aromatic heterocycles. The number of rotatable bonds is 8. The van der Waals surface area contributed by atoms with Crippen molar-refractivity contribution in [2.24, 2.45) is 5.92 Å². The number of nitrogens with one attached hydrogen (secondary N) is 1. The van der Waals surface area contributed by atoms with Crippen LogP contribution in [0.25, 0.3) is 0 Å². The highest BCUT2D eigenvalue weighted by atomic mass is 35.5. The van der Waals surface area contributed by atoms with E-state index in [1.54, 1.807) is 0 Å². The molecule has 0 saturated heterocycles. The van der Waals surface area contributed by atoms with Crippen LogP contribution in [-0.4, -0.2) is 29.5 Å². The van der Waals surface area contributed by atoms with E-state index >= 15 is 0 Å². The molecule has 0 aliphatic heterocycles. The minimum absolute atomic E-state index is 0.0183. The van der Waals surface area contributed by atoms with Crippen molar-refractivity contribution >= 4 is 23.4 Å². The summed E-state index contributed by atoms with van der Waals surface area (Å²) in [4.78, 5) is 0. The number of aliphatic hydroxyl groups excluding tert-OH is 1. The Hall–Kier alpha value is -0.220. The van der Waals surface area contributed by atoms with Crippen LogP contribution in [0, 0.1) is 5.92 Å². The molecule has 2 N–H and O–H groups in total. The highest BCUT2D eigenvalue weighted by Gasteiger charge is 2.40. The summed E-state index contributed by atoms with van der Waals surface area (Å²) < 4.78 is 0. The number of halogens is 1. The van der Waals surface area contributed by atoms with E-state index in [1.165, 1.54) is 24.8 Å². The van der Waals surface area contributed by atoms with Gasteiger partial charge in [0.05, 0.1) is 6.61 Å². The zero-order valence-electron chi connectivity index (χ0n) is 12.8. The van der Waals surface area contributed by atoms with Crippen LogP contribution in [-0.2, 0) is 5.75 Å². The Labute approximate surface area is 137 Å². The normalized spacial score (nSPS) is 25.4. The van der Waals surface area contributed by atoms with Gasteiger partial charge in [-0.3, -0.25) is 0 Å². The van der Waals surface area contributed by atoms with Crippen molar-refractivity contribution in [3.8, 4) is 0 Å². The maximum Gasteiger partial charge on any atom is 0.0616 e. The molecular formula is C17H26ClNOS. The molecule has 1 aromatic rings. The minimum Gasteiger partial charge on any atom is -0.394 e. The van der Waals surface area contributed by atoms with Crippen molar-refractivity contribution in [2.75, 3.05) is 18.9 Å². The topological polar surface area (TPSA) is 32.3 Å². The number of likely N-dealkylation sites (N-methyl/N-ethyl adjacent to an activating group) is 1. The zero-order valence-corrected chi connectivity index (χ0v) is 14.3. The molecule has 118 valence electrons. The van der Waals surface area contributed by atoms with Gasteiger partial charge in [-0.05, 0) is 55.2 Å². The molecule has 0 radical (unpaired) electrons. The maximum atomic E-state index is 9.80. The van der Waals surface area contributed by atoms with Crippen LogP contribution in [0.4, 0.5) is 0 Å². The summed E-state index contributed by atoms with van der Waals surface area (Å²) in [6, 6.07) is 8.11. The molecule has 0 heterocycles. The molecule has 0 bridgehead atoms. The SMILES string of the molecule is CCNC1(CO)CCCC1CCSCc1ccc(Cl)cc1. The molecule has 1 fully saturated rings. The van der Waals surface area contributed by atoms with Crippen molar-refractivity contribution in [1.29, 1.82) is 0 Å². The van der Waals surface area contributed by atoms with E-state index in [-0.39, 0.29) is 12.1 Å². The van der Waals surface area contributed by atoms with Crippen LogP contribution in [0.2, 0.25) is 5.02 Å². The predicted molar refractivity (Wildman–Crippen MR) is 93.1 cm³/mol. The van der Waals surface area contributed by atoms with Crippen molar-refractivity contribution in [3.63, 3.8) is 0 Å². The van der Waals surface area contributed by atoms with Crippen LogP contribution < -0.4 is 5.32 Å². The lowest BCUT2D eigenvalue weighted by molar-refractivity contribution is 0.124. The molecule has 2 unspecified atom stereocenters. The number of hydrogen-bond donors (Lipinski definition) is 2. The molecule has 2 rings (SSSR count). The Kier molecular flexibility index (Phi) is 6.87. The van der Waals surface area contributed by atoms with E-state index in [4.69, 9.17) is 11.6 Å². The predicted octanol–water partition coefficient (Wildman–Crippen LogP) is 4.10. The first-order valence-electron chi connectivity index (χ1n) is 7.88. The van der Waals surface area contributed by atoms with E-state index in [9.17, 15) is 5.11 Å². The number of thioether (sulfide) groups is 1. The monoisotopic (exact) mass is 327 g/mol. The first-order chi connectivity index (χ1) is 10.2. The van der Waals surface area contributed by atoms with Gasteiger partial charge in [-0.15, -0.1) is 0 Å². The Balaban J connectivity index is 1.76. The molecule has 2 nitrogen and oxygen atoms in total. The molecule has 1 aliphatic carbocycles. The smallest absolute Gasteiger partial charge is 0.0616 e. The summed E-state index contributed by atoms with van der Waals surface area (Å²) >= 11 is 7.87. The second kappa shape index (κ2) is 8.42. The third-order valence-corrected chi connectivity index (χ3v) is 5.87. The fourth-order valence-electron chi connectivity index (χ4n) is 3.41. The largest absolute Gasteiger partial charge is 0.394 e. The third-order valence-electron chi connectivity index (χ3n) is 4.56. The van der Waals surface area contributed by atoms with Crippen molar-refractivity contribution in [1.82, 2.24) is 5.32 Å². The summed E-state index contributed by atoms with van der Waals surface area (Å²) in [7, 11) is 0. The highest BCUT2D eigenvalue weighted by Crippen LogP contribution is 2.38. The van der Waals surface area contributed by atoms with E-state index in [0.717, 1.165) is 29.5 Å². The Morgan fingerprint density at radius 3 is 2.81 bits per heavy atom. The number of benzene rings is 1. The molecule has 1 saturated carbocycles. The van der Waals surface area contributed by atoms with Crippen LogP contribution in [0.3, 0.4) is 0 Å². The Morgan fingerprint density at radius 1 is 1.38 bits per heavy atom. The van der Waals surface area contributed by atoms with Gasteiger partial charge in [-0.25, -0.2) is 0 Å². The summed E-state index contributed by atoms with van der Waals surface area (Å²) in [5, 5.41) is 14.1. The minimum atomic E-state index is -0.0183. The lowest BCUT2D eigenvalue weighted by Gasteiger charge is -2.35.